The van der Waals surface area contributed by atoms with Crippen LogP contribution in [0.5, 0.6) is 0 Å². The zero-order valence-electron chi connectivity index (χ0n) is 21.1. The molecule has 0 aromatic rings. The molecule has 0 aliphatic heterocycles. The van der Waals surface area contributed by atoms with Gasteiger partial charge in [-0.15, -0.1) is 0 Å². The zero-order chi connectivity index (χ0) is 22.0. The molecule has 178 valence electrons. The van der Waals surface area contributed by atoms with Crippen LogP contribution in [0.4, 0.5) is 0 Å². The molecule has 0 saturated carbocycles. The van der Waals surface area contributed by atoms with E-state index in [1.165, 1.54) is 141 Å². The molecule has 0 heteroatoms. The van der Waals surface area contributed by atoms with E-state index < -0.39 is 0 Å². The van der Waals surface area contributed by atoms with Crippen molar-refractivity contribution in [3.63, 3.8) is 0 Å². The van der Waals surface area contributed by atoms with Crippen molar-refractivity contribution in [1.29, 1.82) is 0 Å². The first-order chi connectivity index (χ1) is 14.8. The molecular formula is C30H58. The number of hydrogen-bond acceptors (Lipinski definition) is 0. The third kappa shape index (κ3) is 24.0. The number of rotatable bonds is 25. The number of unbranched alkanes of at least 4 members (excludes halogenated alkanes) is 17. The first-order valence-corrected chi connectivity index (χ1v) is 14.1. The van der Waals surface area contributed by atoms with Crippen LogP contribution in [-0.2, 0) is 0 Å². The van der Waals surface area contributed by atoms with E-state index in [4.69, 9.17) is 0 Å². The summed E-state index contributed by atoms with van der Waals surface area (Å²) in [4.78, 5) is 0. The van der Waals surface area contributed by atoms with Crippen molar-refractivity contribution < 1.29 is 0 Å². The molecule has 0 heterocycles. The predicted octanol–water partition coefficient (Wildman–Crippen LogP) is 11.2. The van der Waals surface area contributed by atoms with Crippen molar-refractivity contribution in [1.82, 2.24) is 0 Å². The Hall–Kier alpha value is -0.260. The first kappa shape index (κ1) is 29.7. The van der Waals surface area contributed by atoms with Crippen molar-refractivity contribution in [3.8, 4) is 0 Å². The fourth-order valence-electron chi connectivity index (χ4n) is 4.59. The van der Waals surface area contributed by atoms with Crippen molar-refractivity contribution in [2.24, 2.45) is 5.92 Å². The van der Waals surface area contributed by atoms with Gasteiger partial charge in [-0.25, -0.2) is 0 Å². The molecule has 2 radical (unpaired) electrons. The van der Waals surface area contributed by atoms with Crippen LogP contribution in [0, 0.1) is 19.8 Å². The molecule has 0 aliphatic rings. The van der Waals surface area contributed by atoms with Gasteiger partial charge in [0.1, 0.15) is 0 Å². The molecule has 1 atom stereocenters. The number of hydrogen-bond donors (Lipinski definition) is 0. The topological polar surface area (TPSA) is 0 Å². The van der Waals surface area contributed by atoms with Gasteiger partial charge in [0.05, 0.1) is 0 Å². The molecule has 30 heavy (non-hydrogen) atoms. The highest BCUT2D eigenvalue weighted by Crippen LogP contribution is 2.23. The van der Waals surface area contributed by atoms with E-state index in [1.807, 2.05) is 0 Å². The number of allylic oxidation sites excluding steroid dienone is 2. The van der Waals surface area contributed by atoms with Crippen LogP contribution in [0.3, 0.4) is 0 Å². The predicted molar refractivity (Wildman–Crippen MR) is 140 cm³/mol. The smallest absolute Gasteiger partial charge is 0.0351 e. The Kier molecular flexibility index (Phi) is 26.5. The molecule has 0 bridgehead atoms. The van der Waals surface area contributed by atoms with Gasteiger partial charge in [-0.2, -0.15) is 0 Å². The van der Waals surface area contributed by atoms with Gasteiger partial charge in [-0.1, -0.05) is 161 Å². The first-order valence-electron chi connectivity index (χ1n) is 14.1. The normalized spacial score (nSPS) is 12.8. The SMILES string of the molecule is [CH2]CCCCCCCC=CCCCCCCCCCCC(CCC)CCCCC[CH2]. The van der Waals surface area contributed by atoms with Crippen LogP contribution < -0.4 is 0 Å². The molecule has 0 nitrogen and oxygen atoms in total. The maximum absolute atomic E-state index is 3.96. The molecule has 0 aromatic heterocycles. The second kappa shape index (κ2) is 26.8. The van der Waals surface area contributed by atoms with Crippen LogP contribution >= 0.6 is 0 Å². The van der Waals surface area contributed by atoms with Gasteiger partial charge < -0.3 is 0 Å². The van der Waals surface area contributed by atoms with E-state index in [9.17, 15) is 0 Å². The Morgan fingerprint density at radius 2 is 0.833 bits per heavy atom. The summed E-state index contributed by atoms with van der Waals surface area (Å²) < 4.78 is 0. The highest BCUT2D eigenvalue weighted by Gasteiger charge is 2.07. The summed E-state index contributed by atoms with van der Waals surface area (Å²) in [5, 5.41) is 0. The maximum atomic E-state index is 3.96. The largest absolute Gasteiger partial charge is 0.0885 e. The van der Waals surface area contributed by atoms with Crippen molar-refractivity contribution in [3.05, 3.63) is 26.0 Å². The lowest BCUT2D eigenvalue weighted by Crippen LogP contribution is -2.00. The third-order valence-corrected chi connectivity index (χ3v) is 6.58. The standard InChI is InChI=1S/C30H58/c1-4-7-9-11-12-13-14-15-16-17-18-19-20-21-22-23-24-26-29-30(27-6-3)28-25-10-8-5-2/h15-16,30H,1-2,4-14,17-29H2,3H3. The van der Waals surface area contributed by atoms with Crippen molar-refractivity contribution in [2.75, 3.05) is 0 Å². The highest BCUT2D eigenvalue weighted by molar-refractivity contribution is 4.81. The zero-order valence-corrected chi connectivity index (χ0v) is 21.1. The summed E-state index contributed by atoms with van der Waals surface area (Å²) in [5.74, 6) is 1.01. The molecule has 0 saturated heterocycles. The Balaban J connectivity index is 3.31. The van der Waals surface area contributed by atoms with E-state index in [0.717, 1.165) is 18.8 Å². The van der Waals surface area contributed by atoms with Crippen LogP contribution in [-0.4, -0.2) is 0 Å². The molecule has 1 unspecified atom stereocenters. The highest BCUT2D eigenvalue weighted by atomic mass is 14.1. The average Bonchev–Trinajstić information content (AvgIpc) is 2.75. The molecule has 0 N–H and O–H groups in total. The molecular weight excluding hydrogens is 360 g/mol. The summed E-state index contributed by atoms with van der Waals surface area (Å²) in [6, 6.07) is 0. The van der Waals surface area contributed by atoms with Crippen LogP contribution in [0.15, 0.2) is 12.2 Å². The van der Waals surface area contributed by atoms with Crippen LogP contribution in [0.1, 0.15) is 161 Å². The Bertz CT molecular complexity index is 316. The molecule has 0 aliphatic carbocycles. The lowest BCUT2D eigenvalue weighted by molar-refractivity contribution is 0.378. The van der Waals surface area contributed by atoms with Gasteiger partial charge in [0.25, 0.3) is 0 Å². The van der Waals surface area contributed by atoms with E-state index in [1.54, 1.807) is 0 Å². The fourth-order valence-corrected chi connectivity index (χ4v) is 4.59. The molecule has 0 amide bonds. The van der Waals surface area contributed by atoms with Crippen LogP contribution in [0.25, 0.3) is 0 Å². The second-order valence-corrected chi connectivity index (χ2v) is 9.64. The van der Waals surface area contributed by atoms with E-state index >= 15 is 0 Å². The van der Waals surface area contributed by atoms with E-state index in [-0.39, 0.29) is 0 Å². The molecule has 0 fully saturated rings. The van der Waals surface area contributed by atoms with Gasteiger partial charge in [0, 0.05) is 0 Å². The quantitative estimate of drug-likeness (QED) is 0.102. The average molecular weight is 419 g/mol. The Morgan fingerprint density at radius 3 is 1.27 bits per heavy atom. The molecule has 0 aromatic carbocycles. The van der Waals surface area contributed by atoms with E-state index in [0.29, 0.717) is 0 Å². The fraction of sp³-hybridized carbons (Fsp3) is 0.867. The van der Waals surface area contributed by atoms with Crippen molar-refractivity contribution >= 4 is 0 Å². The van der Waals surface area contributed by atoms with Gasteiger partial charge >= 0.3 is 0 Å². The Labute approximate surface area is 193 Å². The minimum Gasteiger partial charge on any atom is -0.0885 e. The summed E-state index contributed by atoms with van der Waals surface area (Å²) in [5.41, 5.74) is 0. The van der Waals surface area contributed by atoms with Gasteiger partial charge in [-0.05, 0) is 31.6 Å². The van der Waals surface area contributed by atoms with Crippen molar-refractivity contribution in [2.45, 2.75) is 161 Å². The Morgan fingerprint density at radius 1 is 0.467 bits per heavy atom. The maximum Gasteiger partial charge on any atom is -0.0351 e. The minimum absolute atomic E-state index is 1.01. The van der Waals surface area contributed by atoms with Gasteiger partial charge in [0.15, 0.2) is 0 Å². The minimum atomic E-state index is 1.01. The summed E-state index contributed by atoms with van der Waals surface area (Å²) in [7, 11) is 0. The van der Waals surface area contributed by atoms with Gasteiger partial charge in [0.2, 0.25) is 0 Å². The summed E-state index contributed by atoms with van der Waals surface area (Å²) in [6.07, 6.45) is 38.1. The van der Waals surface area contributed by atoms with E-state index in [2.05, 4.69) is 32.9 Å². The second-order valence-electron chi connectivity index (χ2n) is 9.64. The van der Waals surface area contributed by atoms with Crippen LogP contribution in [0.2, 0.25) is 0 Å². The molecule has 0 rings (SSSR count). The summed E-state index contributed by atoms with van der Waals surface area (Å²) >= 11 is 0. The summed E-state index contributed by atoms with van der Waals surface area (Å²) in [6.45, 7) is 10.2. The molecule has 0 spiro atoms. The third-order valence-electron chi connectivity index (χ3n) is 6.58. The van der Waals surface area contributed by atoms with Gasteiger partial charge in [-0.3, -0.25) is 0 Å². The lowest BCUT2D eigenvalue weighted by Gasteiger charge is -2.15. The monoisotopic (exact) mass is 418 g/mol. The lowest BCUT2D eigenvalue weighted by atomic mass is 9.91.